The quantitative estimate of drug-likeness (QED) is 0.561. The van der Waals surface area contributed by atoms with Crippen LogP contribution < -0.4 is 5.32 Å². The highest BCUT2D eigenvalue weighted by Gasteiger charge is 2.17. The average molecular weight is 403 g/mol. The summed E-state index contributed by atoms with van der Waals surface area (Å²) in [5, 5.41) is 10.5. The number of hydrogen-bond acceptors (Lipinski definition) is 3. The van der Waals surface area contributed by atoms with E-state index < -0.39 is 0 Å². The standard InChI is InChI=1S/C25H30N4O/c1-19-8-5-6-16-29(19)17-7-15-26-25(30)22-13-11-21(12-14-22)24-18-23(27-28-24)20-9-3-2-4-10-20/h2-4,9-14,18-19H,5-8,15-17H2,1H3,(H,26,30)(H,27,28)/t19-/m1/s1. The Morgan fingerprint density at radius 2 is 1.90 bits per heavy atom. The third-order valence-corrected chi connectivity index (χ3v) is 5.95. The van der Waals surface area contributed by atoms with Crippen LogP contribution in [0.1, 0.15) is 43.0 Å². The molecule has 1 aromatic heterocycles. The zero-order valence-corrected chi connectivity index (χ0v) is 17.6. The van der Waals surface area contributed by atoms with Gasteiger partial charge in [-0.2, -0.15) is 5.10 Å². The van der Waals surface area contributed by atoms with Crippen LogP contribution in [0.2, 0.25) is 0 Å². The molecule has 4 rings (SSSR count). The van der Waals surface area contributed by atoms with Crippen LogP contribution in [-0.2, 0) is 0 Å². The first kappa shape index (κ1) is 20.4. The molecule has 0 spiro atoms. The van der Waals surface area contributed by atoms with E-state index in [1.54, 1.807) is 0 Å². The Kier molecular flexibility index (Phi) is 6.60. The van der Waals surface area contributed by atoms with E-state index in [1.165, 1.54) is 25.8 Å². The van der Waals surface area contributed by atoms with Crippen LogP contribution in [0.5, 0.6) is 0 Å². The fourth-order valence-corrected chi connectivity index (χ4v) is 4.10. The second-order valence-corrected chi connectivity index (χ2v) is 8.10. The van der Waals surface area contributed by atoms with E-state index in [0.29, 0.717) is 18.2 Å². The van der Waals surface area contributed by atoms with Crippen LogP contribution >= 0.6 is 0 Å². The third kappa shape index (κ3) is 4.97. The number of carbonyl (C=O) groups is 1. The molecule has 1 atom stereocenters. The highest BCUT2D eigenvalue weighted by atomic mass is 16.1. The van der Waals surface area contributed by atoms with Crippen LogP contribution in [-0.4, -0.2) is 46.7 Å². The molecule has 0 aliphatic carbocycles. The molecule has 2 heterocycles. The highest BCUT2D eigenvalue weighted by Crippen LogP contribution is 2.24. The number of piperidine rings is 1. The molecular weight excluding hydrogens is 372 g/mol. The van der Waals surface area contributed by atoms with Gasteiger partial charge in [0.2, 0.25) is 0 Å². The van der Waals surface area contributed by atoms with Gasteiger partial charge in [0.25, 0.3) is 5.91 Å². The molecule has 156 valence electrons. The fraction of sp³-hybridized carbons (Fsp3) is 0.360. The molecular formula is C25H30N4O. The molecule has 0 radical (unpaired) electrons. The summed E-state index contributed by atoms with van der Waals surface area (Å²) >= 11 is 0. The maximum Gasteiger partial charge on any atom is 0.251 e. The Morgan fingerprint density at radius 1 is 1.10 bits per heavy atom. The maximum atomic E-state index is 12.5. The van der Waals surface area contributed by atoms with Crippen LogP contribution in [0.25, 0.3) is 22.5 Å². The minimum atomic E-state index is -0.0113. The lowest BCUT2D eigenvalue weighted by Gasteiger charge is -2.33. The lowest BCUT2D eigenvalue weighted by molar-refractivity contribution is 0.0949. The van der Waals surface area contributed by atoms with E-state index in [2.05, 4.69) is 27.3 Å². The molecule has 0 unspecified atom stereocenters. The molecule has 1 amide bonds. The number of carbonyl (C=O) groups excluding carboxylic acids is 1. The van der Waals surface area contributed by atoms with E-state index in [4.69, 9.17) is 0 Å². The molecule has 1 aliphatic rings. The predicted octanol–water partition coefficient (Wildman–Crippen LogP) is 4.74. The van der Waals surface area contributed by atoms with Crippen molar-refractivity contribution in [2.75, 3.05) is 19.6 Å². The normalized spacial score (nSPS) is 17.0. The molecule has 2 aromatic carbocycles. The second-order valence-electron chi connectivity index (χ2n) is 8.10. The Hall–Kier alpha value is -2.92. The van der Waals surface area contributed by atoms with Crippen molar-refractivity contribution in [3.8, 4) is 22.5 Å². The van der Waals surface area contributed by atoms with Gasteiger partial charge in [-0.3, -0.25) is 9.89 Å². The molecule has 5 heteroatoms. The van der Waals surface area contributed by atoms with Crippen molar-refractivity contribution in [1.82, 2.24) is 20.4 Å². The molecule has 5 nitrogen and oxygen atoms in total. The van der Waals surface area contributed by atoms with Crippen LogP contribution in [0, 0.1) is 0 Å². The smallest absolute Gasteiger partial charge is 0.251 e. The molecule has 30 heavy (non-hydrogen) atoms. The Labute approximate surface area is 178 Å². The summed E-state index contributed by atoms with van der Waals surface area (Å²) < 4.78 is 0. The lowest BCUT2D eigenvalue weighted by atomic mass is 10.0. The molecule has 1 fully saturated rings. The van der Waals surface area contributed by atoms with E-state index in [9.17, 15) is 4.79 Å². The summed E-state index contributed by atoms with van der Waals surface area (Å²) in [6.07, 6.45) is 4.93. The Morgan fingerprint density at radius 3 is 2.67 bits per heavy atom. The molecule has 2 N–H and O–H groups in total. The van der Waals surface area contributed by atoms with E-state index >= 15 is 0 Å². The number of aromatic amines is 1. The topological polar surface area (TPSA) is 61.0 Å². The Balaban J connectivity index is 1.29. The molecule has 1 saturated heterocycles. The van der Waals surface area contributed by atoms with Gasteiger partial charge in [0.15, 0.2) is 0 Å². The number of benzene rings is 2. The van der Waals surface area contributed by atoms with Crippen molar-refractivity contribution in [2.45, 2.75) is 38.6 Å². The number of rotatable bonds is 7. The monoisotopic (exact) mass is 402 g/mol. The van der Waals surface area contributed by atoms with Gasteiger partial charge < -0.3 is 10.2 Å². The summed E-state index contributed by atoms with van der Waals surface area (Å²) in [6, 6.07) is 20.5. The van der Waals surface area contributed by atoms with E-state index in [1.807, 2.05) is 60.7 Å². The average Bonchev–Trinajstić information content (AvgIpc) is 3.29. The third-order valence-electron chi connectivity index (χ3n) is 5.95. The van der Waals surface area contributed by atoms with Crippen molar-refractivity contribution in [2.24, 2.45) is 0 Å². The van der Waals surface area contributed by atoms with Gasteiger partial charge in [0.1, 0.15) is 0 Å². The largest absolute Gasteiger partial charge is 0.352 e. The minimum absolute atomic E-state index is 0.0113. The van der Waals surface area contributed by atoms with Crippen molar-refractivity contribution >= 4 is 5.91 Å². The SMILES string of the molecule is C[C@@H]1CCCCN1CCCNC(=O)c1ccc(-c2cc(-c3ccccc3)n[nH]2)cc1. The summed E-state index contributed by atoms with van der Waals surface area (Å²) in [5.41, 5.74) is 4.63. The first-order valence-electron chi connectivity index (χ1n) is 10.9. The predicted molar refractivity (Wildman–Crippen MR) is 121 cm³/mol. The number of likely N-dealkylation sites (tertiary alicyclic amines) is 1. The van der Waals surface area contributed by atoms with Gasteiger partial charge in [-0.1, -0.05) is 48.9 Å². The zero-order chi connectivity index (χ0) is 20.8. The summed E-state index contributed by atoms with van der Waals surface area (Å²) in [4.78, 5) is 15.0. The van der Waals surface area contributed by atoms with Gasteiger partial charge in [-0.15, -0.1) is 0 Å². The summed E-state index contributed by atoms with van der Waals surface area (Å²) in [5.74, 6) is -0.0113. The van der Waals surface area contributed by atoms with Crippen LogP contribution in [0.4, 0.5) is 0 Å². The number of nitrogens with one attached hydrogen (secondary N) is 2. The lowest BCUT2D eigenvalue weighted by Crippen LogP contribution is -2.39. The number of nitrogens with zero attached hydrogens (tertiary/aromatic N) is 2. The van der Waals surface area contributed by atoms with Crippen molar-refractivity contribution in [1.29, 1.82) is 0 Å². The summed E-state index contributed by atoms with van der Waals surface area (Å²) in [6.45, 7) is 5.27. The van der Waals surface area contributed by atoms with Crippen molar-refractivity contribution in [3.05, 3.63) is 66.2 Å². The van der Waals surface area contributed by atoms with Gasteiger partial charge in [-0.05, 0) is 56.5 Å². The van der Waals surface area contributed by atoms with Crippen molar-refractivity contribution in [3.63, 3.8) is 0 Å². The molecule has 0 bridgehead atoms. The number of H-pyrrole nitrogens is 1. The van der Waals surface area contributed by atoms with Crippen LogP contribution in [0.15, 0.2) is 60.7 Å². The van der Waals surface area contributed by atoms with Crippen LogP contribution in [0.3, 0.4) is 0 Å². The first-order chi connectivity index (χ1) is 14.7. The molecule has 0 saturated carbocycles. The van der Waals surface area contributed by atoms with Gasteiger partial charge in [-0.25, -0.2) is 0 Å². The van der Waals surface area contributed by atoms with E-state index in [-0.39, 0.29) is 5.91 Å². The number of aromatic nitrogens is 2. The second kappa shape index (κ2) is 9.72. The number of amides is 1. The maximum absolute atomic E-state index is 12.5. The van der Waals surface area contributed by atoms with Gasteiger partial charge in [0, 0.05) is 30.3 Å². The van der Waals surface area contributed by atoms with E-state index in [0.717, 1.165) is 35.5 Å². The van der Waals surface area contributed by atoms with Gasteiger partial charge >= 0.3 is 0 Å². The van der Waals surface area contributed by atoms with Crippen molar-refractivity contribution < 1.29 is 4.79 Å². The highest BCUT2D eigenvalue weighted by molar-refractivity contribution is 5.94. The fourth-order valence-electron chi connectivity index (χ4n) is 4.10. The number of hydrogen-bond donors (Lipinski definition) is 2. The van der Waals surface area contributed by atoms with Gasteiger partial charge in [0.05, 0.1) is 11.4 Å². The molecule has 1 aliphatic heterocycles. The first-order valence-corrected chi connectivity index (χ1v) is 10.9. The Bertz CT molecular complexity index is 949. The summed E-state index contributed by atoms with van der Waals surface area (Å²) in [7, 11) is 0. The molecule has 3 aromatic rings. The minimum Gasteiger partial charge on any atom is -0.352 e. The zero-order valence-electron chi connectivity index (χ0n) is 17.6.